The van der Waals surface area contributed by atoms with Crippen LogP contribution in [0.4, 0.5) is 5.69 Å². The SMILES string of the molecule is CS(=O)(=O)O.N=C(N)SCCCn1cc(C2=C(c3ccccc3[N+](=O)[O-])C(=O)NC2=O)c2ccccc21. The van der Waals surface area contributed by atoms with E-state index in [1.54, 1.807) is 12.3 Å². The highest BCUT2D eigenvalue weighted by molar-refractivity contribution is 8.13. The zero-order valence-corrected chi connectivity index (χ0v) is 21.1. The van der Waals surface area contributed by atoms with E-state index >= 15 is 0 Å². The fourth-order valence-corrected chi connectivity index (χ4v) is 4.35. The largest absolute Gasteiger partial charge is 0.379 e. The normalized spacial score (nSPS) is 13.4. The Balaban J connectivity index is 0.000000695. The van der Waals surface area contributed by atoms with Crippen LogP contribution in [0, 0.1) is 15.5 Å². The molecule has 0 radical (unpaired) electrons. The Hall–Kier alpha value is -4.01. The Labute approximate surface area is 215 Å². The van der Waals surface area contributed by atoms with Crippen LogP contribution in [0.5, 0.6) is 0 Å². The van der Waals surface area contributed by atoms with Gasteiger partial charge < -0.3 is 10.3 Å². The number of hydrogen-bond acceptors (Lipinski definition) is 8. The predicted octanol–water partition coefficient (Wildman–Crippen LogP) is 2.64. The number of fused-ring (bicyclic) bond motifs is 1. The van der Waals surface area contributed by atoms with Crippen molar-refractivity contribution >= 4 is 66.6 Å². The number of aryl methyl sites for hydroxylation is 1. The van der Waals surface area contributed by atoms with Gasteiger partial charge >= 0.3 is 0 Å². The van der Waals surface area contributed by atoms with Crippen LogP contribution in [0.25, 0.3) is 22.0 Å². The van der Waals surface area contributed by atoms with E-state index in [1.807, 2.05) is 28.8 Å². The molecule has 2 heterocycles. The third-order valence-corrected chi connectivity index (χ3v) is 5.96. The van der Waals surface area contributed by atoms with Gasteiger partial charge in [0.15, 0.2) is 5.17 Å². The van der Waals surface area contributed by atoms with Gasteiger partial charge in [-0.3, -0.25) is 35.0 Å². The van der Waals surface area contributed by atoms with Crippen molar-refractivity contribution in [3.8, 4) is 0 Å². The Morgan fingerprint density at radius 1 is 1.11 bits per heavy atom. The van der Waals surface area contributed by atoms with Crippen molar-refractivity contribution < 1.29 is 27.5 Å². The fraction of sp³-hybridized carbons (Fsp3) is 0.174. The van der Waals surface area contributed by atoms with Gasteiger partial charge in [0.2, 0.25) is 0 Å². The number of benzene rings is 2. The van der Waals surface area contributed by atoms with Gasteiger partial charge in [-0.05, 0) is 18.6 Å². The highest BCUT2D eigenvalue weighted by Gasteiger charge is 2.36. The minimum Gasteiger partial charge on any atom is -0.379 e. The minimum atomic E-state index is -3.67. The maximum absolute atomic E-state index is 12.8. The average molecular weight is 546 g/mol. The van der Waals surface area contributed by atoms with Crippen molar-refractivity contribution in [3.05, 3.63) is 76.0 Å². The number of hydrogen-bond donors (Lipinski definition) is 4. The molecule has 2 aromatic carbocycles. The average Bonchev–Trinajstić information content (AvgIpc) is 3.31. The summed E-state index contributed by atoms with van der Waals surface area (Å²) in [6.07, 6.45) is 3.25. The highest BCUT2D eigenvalue weighted by Crippen LogP contribution is 2.38. The number of amides is 2. The molecule has 0 aliphatic carbocycles. The van der Waals surface area contributed by atoms with Gasteiger partial charge in [-0.2, -0.15) is 8.42 Å². The monoisotopic (exact) mass is 545 g/mol. The van der Waals surface area contributed by atoms with Crippen molar-refractivity contribution in [1.82, 2.24) is 9.88 Å². The van der Waals surface area contributed by atoms with Crippen molar-refractivity contribution in [2.75, 3.05) is 12.0 Å². The van der Waals surface area contributed by atoms with Crippen LogP contribution in [0.15, 0.2) is 54.7 Å². The van der Waals surface area contributed by atoms with Crippen molar-refractivity contribution in [1.29, 1.82) is 5.41 Å². The summed E-state index contributed by atoms with van der Waals surface area (Å²) < 4.78 is 27.8. The number of nitrogens with one attached hydrogen (secondary N) is 2. The molecule has 14 heteroatoms. The molecule has 37 heavy (non-hydrogen) atoms. The molecule has 2 amide bonds. The molecule has 194 valence electrons. The first-order chi connectivity index (χ1) is 17.4. The van der Waals surface area contributed by atoms with Crippen LogP contribution in [0.1, 0.15) is 17.5 Å². The Morgan fingerprint density at radius 2 is 1.68 bits per heavy atom. The van der Waals surface area contributed by atoms with E-state index in [9.17, 15) is 28.1 Å². The van der Waals surface area contributed by atoms with E-state index in [0.29, 0.717) is 24.1 Å². The molecule has 1 aliphatic heterocycles. The molecule has 1 aliphatic rings. The van der Waals surface area contributed by atoms with E-state index in [4.69, 9.17) is 15.7 Å². The zero-order chi connectivity index (χ0) is 27.3. The van der Waals surface area contributed by atoms with E-state index in [2.05, 4.69) is 5.32 Å². The number of nitrogens with two attached hydrogens (primary N) is 1. The first kappa shape index (κ1) is 27.6. The van der Waals surface area contributed by atoms with E-state index in [0.717, 1.165) is 17.3 Å². The van der Waals surface area contributed by atoms with Gasteiger partial charge in [-0.1, -0.05) is 42.1 Å². The molecule has 1 aromatic heterocycles. The van der Waals surface area contributed by atoms with Crippen LogP contribution in [-0.4, -0.2) is 51.5 Å². The number of carbonyl (C=O) groups is 2. The lowest BCUT2D eigenvalue weighted by atomic mass is 9.95. The summed E-state index contributed by atoms with van der Waals surface area (Å²) in [7, 11) is -3.67. The van der Waals surface area contributed by atoms with Gasteiger partial charge in [0.05, 0.1) is 27.9 Å². The Morgan fingerprint density at radius 3 is 2.30 bits per heavy atom. The number of para-hydroxylation sites is 2. The Kier molecular flexibility index (Phi) is 8.47. The lowest BCUT2D eigenvalue weighted by Crippen LogP contribution is -2.22. The molecule has 0 spiro atoms. The molecule has 0 saturated heterocycles. The molecule has 0 fully saturated rings. The summed E-state index contributed by atoms with van der Waals surface area (Å²) in [6, 6.07) is 13.4. The van der Waals surface area contributed by atoms with Gasteiger partial charge in [0, 0.05) is 41.0 Å². The number of rotatable bonds is 7. The maximum Gasteiger partial charge on any atom is 0.277 e. The summed E-state index contributed by atoms with van der Waals surface area (Å²) in [5.41, 5.74) is 6.78. The minimum absolute atomic E-state index is 0.00246. The molecular weight excluding hydrogens is 522 g/mol. The van der Waals surface area contributed by atoms with Gasteiger partial charge in [-0.15, -0.1) is 0 Å². The first-order valence-corrected chi connectivity index (χ1v) is 13.5. The molecule has 0 bridgehead atoms. The van der Waals surface area contributed by atoms with Crippen LogP contribution < -0.4 is 11.1 Å². The van der Waals surface area contributed by atoms with Crippen molar-refractivity contribution in [2.45, 2.75) is 13.0 Å². The van der Waals surface area contributed by atoms with Gasteiger partial charge in [0.25, 0.3) is 27.6 Å². The van der Waals surface area contributed by atoms with Crippen LogP contribution >= 0.6 is 11.8 Å². The number of aromatic nitrogens is 1. The Bertz CT molecular complexity index is 1540. The molecular formula is C23H23N5O7S2. The topological polar surface area (TPSA) is 198 Å². The number of carbonyl (C=O) groups excluding carboxylic acids is 2. The molecule has 12 nitrogen and oxygen atoms in total. The molecule has 0 saturated carbocycles. The highest BCUT2D eigenvalue weighted by atomic mass is 32.2. The van der Waals surface area contributed by atoms with E-state index in [-0.39, 0.29) is 27.6 Å². The lowest BCUT2D eigenvalue weighted by molar-refractivity contribution is -0.385. The summed E-state index contributed by atoms with van der Waals surface area (Å²) >= 11 is 1.26. The quantitative estimate of drug-likeness (QED) is 0.0655. The van der Waals surface area contributed by atoms with E-state index in [1.165, 1.54) is 30.0 Å². The third kappa shape index (κ3) is 6.81. The molecule has 3 aromatic rings. The smallest absolute Gasteiger partial charge is 0.277 e. The number of nitro benzene ring substituents is 1. The van der Waals surface area contributed by atoms with Gasteiger partial charge in [0.1, 0.15) is 0 Å². The van der Waals surface area contributed by atoms with Gasteiger partial charge in [-0.25, -0.2) is 0 Å². The van der Waals surface area contributed by atoms with Crippen LogP contribution in [0.2, 0.25) is 0 Å². The standard InChI is InChI=1S/C22H19N5O4S.CH4O3S/c23-22(24)32-11-5-10-26-12-15(13-6-1-3-8-16(13)26)19-18(20(28)25-21(19)29)14-7-2-4-9-17(14)27(30)31;1-5(2,3)4/h1-4,6-9,12H,5,10-11H2,(H3,23,24)(H,25,28,29);1H3,(H,2,3,4). The number of amidine groups is 1. The lowest BCUT2D eigenvalue weighted by Gasteiger charge is -2.05. The summed E-state index contributed by atoms with van der Waals surface area (Å²) in [4.78, 5) is 36.5. The molecule has 5 N–H and O–H groups in total. The number of thioether (sulfide) groups is 1. The predicted molar refractivity (Wildman–Crippen MR) is 141 cm³/mol. The van der Waals surface area contributed by atoms with Crippen LogP contribution in [0.3, 0.4) is 0 Å². The number of nitro groups is 1. The second-order valence-corrected chi connectivity index (χ2v) is 10.5. The van der Waals surface area contributed by atoms with Crippen molar-refractivity contribution in [3.63, 3.8) is 0 Å². The third-order valence-electron chi connectivity index (χ3n) is 5.16. The number of nitrogens with zero attached hydrogens (tertiary/aromatic N) is 2. The summed E-state index contributed by atoms with van der Waals surface area (Å²) in [5.74, 6) is -0.576. The molecule has 0 unspecified atom stereocenters. The fourth-order valence-electron chi connectivity index (χ4n) is 3.86. The second kappa shape index (κ2) is 11.4. The summed E-state index contributed by atoms with van der Waals surface area (Å²) in [5, 5.41) is 22.0. The van der Waals surface area contributed by atoms with Crippen LogP contribution in [-0.2, 0) is 26.3 Å². The maximum atomic E-state index is 12.8. The molecule has 0 atom stereocenters. The first-order valence-electron chi connectivity index (χ1n) is 10.7. The zero-order valence-electron chi connectivity index (χ0n) is 19.5. The summed E-state index contributed by atoms with van der Waals surface area (Å²) in [6.45, 7) is 0.616. The van der Waals surface area contributed by atoms with Crippen molar-refractivity contribution in [2.24, 2.45) is 5.73 Å². The number of imide groups is 1. The van der Waals surface area contributed by atoms with E-state index < -0.39 is 26.9 Å². The molecule has 4 rings (SSSR count). The second-order valence-electron chi connectivity index (χ2n) is 7.86.